The summed E-state index contributed by atoms with van der Waals surface area (Å²) in [5.74, 6) is 0.802. The van der Waals surface area contributed by atoms with Crippen LogP contribution in [-0.4, -0.2) is 38.2 Å². The lowest BCUT2D eigenvalue weighted by molar-refractivity contribution is -0.384. The highest BCUT2D eigenvalue weighted by Crippen LogP contribution is 2.30. The maximum atomic E-state index is 10.9. The monoisotopic (exact) mass is 444 g/mol. The maximum Gasteiger partial charge on any atom is 0.269 e. The van der Waals surface area contributed by atoms with E-state index in [-0.39, 0.29) is 18.3 Å². The summed E-state index contributed by atoms with van der Waals surface area (Å²) in [4.78, 5) is 17.2. The maximum absolute atomic E-state index is 10.9. The smallest absolute Gasteiger partial charge is 0.269 e. The normalized spacial score (nSPS) is 11.2. The molecule has 4 rings (SSSR count). The molecule has 0 unspecified atom stereocenters. The second kappa shape index (κ2) is 10.6. The van der Waals surface area contributed by atoms with Crippen molar-refractivity contribution in [1.29, 1.82) is 0 Å². The third kappa shape index (κ3) is 5.49. The summed E-state index contributed by atoms with van der Waals surface area (Å²) in [5, 5.41) is 24.5. The average Bonchev–Trinajstić information content (AvgIpc) is 3.32. The van der Waals surface area contributed by atoms with Crippen LogP contribution in [0.5, 0.6) is 0 Å². The quantitative estimate of drug-likeness (QED) is 0.281. The van der Waals surface area contributed by atoms with Crippen LogP contribution in [0.2, 0.25) is 0 Å². The Balaban J connectivity index is 1.62. The van der Waals surface area contributed by atoms with Crippen LogP contribution >= 0.6 is 0 Å². The molecule has 3 aromatic carbocycles. The van der Waals surface area contributed by atoms with Gasteiger partial charge in [-0.1, -0.05) is 65.8 Å². The lowest BCUT2D eigenvalue weighted by Crippen LogP contribution is -2.31. The highest BCUT2D eigenvalue weighted by Gasteiger charge is 2.24. The first-order valence-electron chi connectivity index (χ1n) is 10.7. The van der Waals surface area contributed by atoms with Crippen LogP contribution in [0.15, 0.2) is 89.5 Å². The van der Waals surface area contributed by atoms with Gasteiger partial charge in [-0.3, -0.25) is 15.0 Å². The van der Waals surface area contributed by atoms with Gasteiger partial charge in [-0.25, -0.2) is 0 Å². The number of aliphatic hydroxyl groups excluding tert-OH is 1. The van der Waals surface area contributed by atoms with Crippen LogP contribution < -0.4 is 0 Å². The molecule has 0 fully saturated rings. The molecular formula is C25H24N4O4. The summed E-state index contributed by atoms with van der Waals surface area (Å²) in [6.07, 6.45) is 0.597. The van der Waals surface area contributed by atoms with E-state index >= 15 is 0 Å². The van der Waals surface area contributed by atoms with Crippen LogP contribution in [0.25, 0.3) is 11.4 Å². The number of hydrogen-bond acceptors (Lipinski definition) is 7. The van der Waals surface area contributed by atoms with E-state index in [4.69, 9.17) is 4.52 Å². The van der Waals surface area contributed by atoms with Gasteiger partial charge in [0.15, 0.2) is 0 Å². The fourth-order valence-electron chi connectivity index (χ4n) is 3.80. The Hall–Kier alpha value is -3.88. The molecule has 0 amide bonds. The molecule has 0 atom stereocenters. The first-order valence-corrected chi connectivity index (χ1v) is 10.7. The van der Waals surface area contributed by atoms with Crippen LogP contribution in [0.4, 0.5) is 5.69 Å². The van der Waals surface area contributed by atoms with Gasteiger partial charge in [0, 0.05) is 30.8 Å². The molecule has 1 N–H and O–H groups in total. The molecule has 1 heterocycles. The number of nitrogens with zero attached hydrogens (tertiary/aromatic N) is 4. The van der Waals surface area contributed by atoms with E-state index in [0.717, 1.165) is 11.1 Å². The van der Waals surface area contributed by atoms with Crippen molar-refractivity contribution in [3.63, 3.8) is 0 Å². The first kappa shape index (κ1) is 22.3. The fraction of sp³-hybridized carbons (Fsp3) is 0.200. The number of rotatable bonds is 10. The van der Waals surface area contributed by atoms with E-state index in [2.05, 4.69) is 39.3 Å². The van der Waals surface area contributed by atoms with Crippen molar-refractivity contribution in [3.05, 3.63) is 112 Å². The molecule has 168 valence electrons. The van der Waals surface area contributed by atoms with E-state index in [9.17, 15) is 15.2 Å². The zero-order valence-corrected chi connectivity index (χ0v) is 17.9. The molecule has 0 aliphatic rings. The number of aromatic nitrogens is 2. The van der Waals surface area contributed by atoms with Crippen molar-refractivity contribution < 1.29 is 14.6 Å². The fourth-order valence-corrected chi connectivity index (χ4v) is 3.80. The van der Waals surface area contributed by atoms with Crippen molar-refractivity contribution >= 4 is 5.69 Å². The number of hydrogen-bond donors (Lipinski definition) is 1. The molecule has 0 bridgehead atoms. The lowest BCUT2D eigenvalue weighted by atomic mass is 9.96. The van der Waals surface area contributed by atoms with Crippen molar-refractivity contribution in [2.75, 3.05) is 13.2 Å². The molecular weight excluding hydrogens is 420 g/mol. The first-order chi connectivity index (χ1) is 16.2. The van der Waals surface area contributed by atoms with Gasteiger partial charge in [-0.15, -0.1) is 0 Å². The molecule has 8 heteroatoms. The minimum absolute atomic E-state index is 0.00575. The third-order valence-corrected chi connectivity index (χ3v) is 5.34. The Morgan fingerprint density at radius 1 is 0.939 bits per heavy atom. The number of nitro groups is 1. The molecule has 0 aliphatic heterocycles. The molecule has 0 saturated carbocycles. The second-order valence-electron chi connectivity index (χ2n) is 7.59. The highest BCUT2D eigenvalue weighted by molar-refractivity contribution is 5.56. The van der Waals surface area contributed by atoms with Crippen LogP contribution in [0, 0.1) is 10.1 Å². The lowest BCUT2D eigenvalue weighted by Gasteiger charge is -2.31. The molecule has 0 spiro atoms. The van der Waals surface area contributed by atoms with E-state index in [1.807, 2.05) is 36.4 Å². The SMILES string of the molecule is O=[N+]([O-])c1ccc(-c2noc(CN(CCCO)C(c3ccccc3)c3ccccc3)n2)cc1. The Morgan fingerprint density at radius 2 is 1.55 bits per heavy atom. The van der Waals surface area contributed by atoms with Gasteiger partial charge in [0.05, 0.1) is 17.5 Å². The summed E-state index contributed by atoms with van der Waals surface area (Å²) in [7, 11) is 0. The number of non-ortho nitro benzene ring substituents is 1. The van der Waals surface area contributed by atoms with Gasteiger partial charge >= 0.3 is 0 Å². The zero-order chi connectivity index (χ0) is 23.0. The summed E-state index contributed by atoms with van der Waals surface area (Å²) >= 11 is 0. The van der Waals surface area contributed by atoms with Crippen LogP contribution in [0.3, 0.4) is 0 Å². The largest absolute Gasteiger partial charge is 0.396 e. The summed E-state index contributed by atoms with van der Waals surface area (Å²) < 4.78 is 5.53. The van der Waals surface area contributed by atoms with E-state index in [0.29, 0.717) is 36.8 Å². The predicted molar refractivity (Wildman–Crippen MR) is 123 cm³/mol. The van der Waals surface area contributed by atoms with Gasteiger partial charge in [0.1, 0.15) is 0 Å². The van der Waals surface area contributed by atoms with Gasteiger partial charge in [0.25, 0.3) is 5.69 Å². The minimum Gasteiger partial charge on any atom is -0.396 e. The Bertz CT molecular complexity index is 1120. The second-order valence-corrected chi connectivity index (χ2v) is 7.59. The molecule has 1 aromatic heterocycles. The van der Waals surface area contributed by atoms with Crippen molar-refractivity contribution in [2.24, 2.45) is 0 Å². The summed E-state index contributed by atoms with van der Waals surface area (Å²) in [6, 6.07) is 26.3. The van der Waals surface area contributed by atoms with E-state index in [1.54, 1.807) is 12.1 Å². The Kier molecular flexibility index (Phi) is 7.19. The Labute approximate surface area is 191 Å². The van der Waals surface area contributed by atoms with E-state index < -0.39 is 4.92 Å². The zero-order valence-electron chi connectivity index (χ0n) is 17.9. The Morgan fingerprint density at radius 3 is 2.09 bits per heavy atom. The predicted octanol–water partition coefficient (Wildman–Crippen LogP) is 4.62. The minimum atomic E-state index is -0.447. The standard InChI is InChI=1S/C25H24N4O4/c30-17-7-16-28(24(19-8-3-1-4-9-19)20-10-5-2-6-11-20)18-23-26-25(27-33-23)21-12-14-22(15-13-21)29(31)32/h1-6,8-15,24,30H,7,16-18H2. The van der Waals surface area contributed by atoms with Crippen molar-refractivity contribution in [2.45, 2.75) is 19.0 Å². The molecule has 33 heavy (non-hydrogen) atoms. The van der Waals surface area contributed by atoms with Gasteiger partial charge < -0.3 is 9.63 Å². The van der Waals surface area contributed by atoms with Crippen molar-refractivity contribution in [1.82, 2.24) is 15.0 Å². The number of benzene rings is 3. The molecule has 0 saturated heterocycles. The van der Waals surface area contributed by atoms with Gasteiger partial charge in [-0.05, 0) is 29.7 Å². The molecule has 4 aromatic rings. The van der Waals surface area contributed by atoms with Crippen LogP contribution in [-0.2, 0) is 6.54 Å². The number of nitro benzene ring substituents is 1. The molecule has 8 nitrogen and oxygen atoms in total. The van der Waals surface area contributed by atoms with E-state index in [1.165, 1.54) is 12.1 Å². The number of aliphatic hydroxyl groups is 1. The molecule has 0 radical (unpaired) electrons. The van der Waals surface area contributed by atoms with Gasteiger partial charge in [0.2, 0.25) is 11.7 Å². The molecule has 0 aliphatic carbocycles. The highest BCUT2D eigenvalue weighted by atomic mass is 16.6. The van der Waals surface area contributed by atoms with Crippen molar-refractivity contribution in [3.8, 4) is 11.4 Å². The third-order valence-electron chi connectivity index (χ3n) is 5.34. The topological polar surface area (TPSA) is 106 Å². The average molecular weight is 444 g/mol. The van der Waals surface area contributed by atoms with Crippen LogP contribution in [0.1, 0.15) is 29.5 Å². The van der Waals surface area contributed by atoms with Gasteiger partial charge in [-0.2, -0.15) is 4.98 Å². The summed E-state index contributed by atoms with van der Waals surface area (Å²) in [5.41, 5.74) is 2.89. The summed E-state index contributed by atoms with van der Waals surface area (Å²) in [6.45, 7) is 1.08.